The van der Waals surface area contributed by atoms with Gasteiger partial charge in [-0.05, 0) is 81.0 Å². The van der Waals surface area contributed by atoms with Crippen LogP contribution in [0.2, 0.25) is 0 Å². The van der Waals surface area contributed by atoms with Crippen LogP contribution in [0.15, 0.2) is 85.1 Å². The van der Waals surface area contributed by atoms with Gasteiger partial charge in [-0.25, -0.2) is 0 Å². The summed E-state index contributed by atoms with van der Waals surface area (Å²) in [5, 5.41) is 60.4. The number of hydrogen-bond acceptors (Lipinski definition) is 15. The molecular weight excluding hydrogens is 969 g/mol. The first kappa shape index (κ1) is 56.7. The molecule has 23 heteroatoms. The Hall–Kier alpha value is -6.21. The van der Waals surface area contributed by atoms with E-state index in [1.165, 1.54) is 26.0 Å². The highest BCUT2D eigenvalue weighted by Crippen LogP contribution is 2.24. The second-order valence-corrected chi connectivity index (χ2v) is 20.2. The van der Waals surface area contributed by atoms with E-state index in [0.29, 0.717) is 24.0 Å². The Kier molecular flexibility index (Phi) is 22.2. The monoisotopic (exact) mass is 1030 g/mol. The fourth-order valence-electron chi connectivity index (χ4n) is 7.75. The van der Waals surface area contributed by atoms with Gasteiger partial charge in [0.2, 0.25) is 41.4 Å². The molecule has 1 aliphatic rings. The number of rotatable bonds is 17. The average Bonchev–Trinajstić information content (AvgIpc) is 3.77. The number of aliphatic hydroxyl groups is 3. The molecule has 0 saturated carbocycles. The van der Waals surface area contributed by atoms with E-state index in [2.05, 4.69) is 42.2 Å². The molecule has 1 aliphatic heterocycles. The maximum atomic E-state index is 14.7. The third kappa shape index (κ3) is 17.0. The van der Waals surface area contributed by atoms with Crippen LogP contribution >= 0.6 is 21.6 Å². The standard InChI is InChI=1S/C49H66N10O11S2/c1-27(61)39(24-60)56-48(69)41-26-72-71-25-40(57-43(64)34(51)20-29-10-4-3-5-11-29)47(68)54-37(21-30-15-17-32(63)18-16-30)45(66)55-38(22-31-23-52-35-13-7-6-12-33(31)35)46(67)53-36(14-8-9-19-50)44(65)59-42(28(2)62)49(70)58-41/h3-7,10-13,15-18,23,27-28,34,36-42,52,60-63H,8-9,14,19-22,24-26,50-51H2,1-2H3,(H,53,67)(H,54,68)(H,55,66)(H,56,69)(H,57,64)(H,58,70)(H,59,65)/t27-,28-,34-,36+,37?,38-,39-,40+,41?,42?/m1/s1. The molecule has 7 amide bonds. The third-order valence-electron chi connectivity index (χ3n) is 11.9. The van der Waals surface area contributed by atoms with Crippen LogP contribution in [0.25, 0.3) is 10.9 Å². The molecule has 1 saturated heterocycles. The van der Waals surface area contributed by atoms with Crippen LogP contribution in [-0.4, -0.2) is 152 Å². The van der Waals surface area contributed by atoms with Crippen molar-refractivity contribution in [3.8, 4) is 5.75 Å². The predicted octanol–water partition coefficient (Wildman–Crippen LogP) is -1.10. The van der Waals surface area contributed by atoms with Crippen LogP contribution in [0.5, 0.6) is 5.75 Å². The number of carbonyl (C=O) groups is 7. The molecule has 0 radical (unpaired) electrons. The molecule has 390 valence electrons. The van der Waals surface area contributed by atoms with Crippen LogP contribution < -0.4 is 48.7 Å². The van der Waals surface area contributed by atoms with Crippen molar-refractivity contribution in [2.24, 2.45) is 11.5 Å². The second kappa shape index (κ2) is 28.1. The van der Waals surface area contributed by atoms with Gasteiger partial charge >= 0.3 is 0 Å². The number of H-pyrrole nitrogens is 1. The number of phenols is 1. The topological polar surface area (TPSA) is 352 Å². The van der Waals surface area contributed by atoms with Crippen LogP contribution in [0.4, 0.5) is 0 Å². The first-order valence-electron chi connectivity index (χ1n) is 23.6. The molecule has 16 N–H and O–H groups in total. The van der Waals surface area contributed by atoms with Gasteiger partial charge in [0, 0.05) is 41.4 Å². The SMILES string of the molecule is C[C@@H](O)C1NC(=O)[C@H](CCCCN)NC(=O)[C@@H](Cc2c[nH]c3ccccc23)NC(=O)C(Cc2ccc(O)cc2)NC(=O)[C@@H](NC(=O)[C@H](N)Cc2ccccc2)CSSCC(C(=O)N[C@H](CO)[C@@H](C)O)NC1=O. The van der Waals surface area contributed by atoms with Gasteiger partial charge in [0.1, 0.15) is 42.0 Å². The van der Waals surface area contributed by atoms with Crippen molar-refractivity contribution in [2.75, 3.05) is 24.7 Å². The smallest absolute Gasteiger partial charge is 0.245 e. The number of fused-ring (bicyclic) bond motifs is 1. The van der Waals surface area contributed by atoms with Crippen molar-refractivity contribution in [1.82, 2.24) is 42.2 Å². The molecule has 3 unspecified atom stereocenters. The number of nitrogens with one attached hydrogen (secondary N) is 8. The first-order valence-corrected chi connectivity index (χ1v) is 26.1. The minimum atomic E-state index is -1.68. The quantitative estimate of drug-likeness (QED) is 0.0441. The van der Waals surface area contributed by atoms with Gasteiger partial charge in [0.25, 0.3) is 0 Å². The van der Waals surface area contributed by atoms with Crippen molar-refractivity contribution in [1.29, 1.82) is 0 Å². The molecule has 5 rings (SSSR count). The van der Waals surface area contributed by atoms with Gasteiger partial charge in [0.05, 0.1) is 30.9 Å². The summed E-state index contributed by atoms with van der Waals surface area (Å²) >= 11 is 0. The van der Waals surface area contributed by atoms with Gasteiger partial charge in [-0.3, -0.25) is 33.6 Å². The number of aromatic nitrogens is 1. The normalized spacial score (nSPS) is 22.7. The van der Waals surface area contributed by atoms with Crippen LogP contribution in [0, 0.1) is 0 Å². The predicted molar refractivity (Wildman–Crippen MR) is 274 cm³/mol. The van der Waals surface area contributed by atoms with E-state index in [4.69, 9.17) is 11.5 Å². The van der Waals surface area contributed by atoms with Crippen LogP contribution in [0.1, 0.15) is 49.8 Å². The largest absolute Gasteiger partial charge is 0.508 e. The van der Waals surface area contributed by atoms with Crippen molar-refractivity contribution in [3.63, 3.8) is 0 Å². The van der Waals surface area contributed by atoms with E-state index in [-0.39, 0.29) is 49.5 Å². The summed E-state index contributed by atoms with van der Waals surface area (Å²) in [4.78, 5) is 103. The van der Waals surface area contributed by atoms with Crippen molar-refractivity contribution in [3.05, 3.63) is 102 Å². The number of aliphatic hydroxyl groups excluding tert-OH is 3. The third-order valence-corrected chi connectivity index (χ3v) is 14.4. The molecule has 0 spiro atoms. The summed E-state index contributed by atoms with van der Waals surface area (Å²) in [6, 6.07) is 11.3. The number of phenolic OH excluding ortho intramolecular Hbond substituents is 1. The number of amides is 7. The molecule has 0 bridgehead atoms. The van der Waals surface area contributed by atoms with E-state index < -0.39 is 108 Å². The summed E-state index contributed by atoms with van der Waals surface area (Å²) in [7, 11) is 2.01. The molecule has 4 aromatic rings. The number of aromatic amines is 1. The number of nitrogens with two attached hydrogens (primary N) is 2. The van der Waals surface area contributed by atoms with E-state index in [0.717, 1.165) is 38.1 Å². The Balaban J connectivity index is 1.57. The minimum absolute atomic E-state index is 0.0130. The molecule has 10 atom stereocenters. The molecule has 1 aromatic heterocycles. The summed E-state index contributed by atoms with van der Waals surface area (Å²) in [6.45, 7) is 2.18. The Morgan fingerprint density at radius 3 is 2.03 bits per heavy atom. The zero-order valence-corrected chi connectivity index (χ0v) is 41.7. The highest BCUT2D eigenvalue weighted by atomic mass is 33.1. The van der Waals surface area contributed by atoms with Gasteiger partial charge in [-0.2, -0.15) is 0 Å². The van der Waals surface area contributed by atoms with Crippen LogP contribution in [0.3, 0.4) is 0 Å². The number of benzene rings is 3. The van der Waals surface area contributed by atoms with Crippen molar-refractivity contribution >= 4 is 73.8 Å². The first-order chi connectivity index (χ1) is 34.5. The zero-order chi connectivity index (χ0) is 52.3. The van der Waals surface area contributed by atoms with Crippen molar-refractivity contribution in [2.45, 2.75) is 113 Å². The minimum Gasteiger partial charge on any atom is -0.508 e. The van der Waals surface area contributed by atoms with Crippen molar-refractivity contribution < 1.29 is 54.0 Å². The summed E-state index contributed by atoms with van der Waals surface area (Å²) in [6.07, 6.45) is -0.426. The fourth-order valence-corrected chi connectivity index (χ4v) is 10.1. The lowest BCUT2D eigenvalue weighted by Crippen LogP contribution is -2.62. The average molecular weight is 1040 g/mol. The lowest BCUT2D eigenvalue weighted by molar-refractivity contribution is -0.136. The van der Waals surface area contributed by atoms with Gasteiger partial charge in [-0.1, -0.05) is 82.3 Å². The highest BCUT2D eigenvalue weighted by Gasteiger charge is 2.36. The number of carbonyl (C=O) groups excluding carboxylic acids is 7. The number of para-hydroxylation sites is 1. The lowest BCUT2D eigenvalue weighted by atomic mass is 10.0. The Morgan fingerprint density at radius 2 is 1.36 bits per heavy atom. The van der Waals surface area contributed by atoms with E-state index >= 15 is 0 Å². The lowest BCUT2D eigenvalue weighted by Gasteiger charge is -2.29. The number of aromatic hydroxyl groups is 1. The van der Waals surface area contributed by atoms with E-state index in [9.17, 15) is 54.0 Å². The number of hydrogen-bond donors (Lipinski definition) is 14. The molecule has 0 aliphatic carbocycles. The summed E-state index contributed by atoms with van der Waals surface area (Å²) in [5.74, 6) is -6.33. The maximum Gasteiger partial charge on any atom is 0.245 e. The summed E-state index contributed by atoms with van der Waals surface area (Å²) < 4.78 is 0. The second-order valence-electron chi connectivity index (χ2n) is 17.7. The van der Waals surface area contributed by atoms with Crippen LogP contribution in [-0.2, 0) is 52.8 Å². The molecular formula is C49H66N10O11S2. The van der Waals surface area contributed by atoms with Gasteiger partial charge in [0.15, 0.2) is 0 Å². The molecule has 3 aromatic carbocycles. The maximum absolute atomic E-state index is 14.7. The van der Waals surface area contributed by atoms with Gasteiger partial charge in [-0.15, -0.1) is 0 Å². The molecule has 72 heavy (non-hydrogen) atoms. The van der Waals surface area contributed by atoms with E-state index in [1.807, 2.05) is 24.3 Å². The summed E-state index contributed by atoms with van der Waals surface area (Å²) in [5.41, 5.74) is 14.8. The zero-order valence-electron chi connectivity index (χ0n) is 40.0. The Morgan fingerprint density at radius 1 is 0.736 bits per heavy atom. The molecule has 1 fully saturated rings. The van der Waals surface area contributed by atoms with E-state index in [1.54, 1.807) is 48.7 Å². The number of unbranched alkanes of at least 4 members (excludes halogenated alkanes) is 1. The molecule has 21 nitrogen and oxygen atoms in total. The Bertz CT molecular complexity index is 2450. The molecule has 2 heterocycles. The Labute approximate surface area is 424 Å². The highest BCUT2D eigenvalue weighted by molar-refractivity contribution is 8.76. The fraction of sp³-hybridized carbons (Fsp3) is 0.449. The van der Waals surface area contributed by atoms with Gasteiger partial charge < -0.3 is 74.1 Å².